The van der Waals surface area contributed by atoms with Gasteiger partial charge >= 0.3 is 35.5 Å². The van der Waals surface area contributed by atoms with Crippen molar-refractivity contribution in [2.45, 2.75) is 19.8 Å². The molecular weight excluding hydrogens is 203 g/mol. The second-order valence-electron chi connectivity index (χ2n) is 3.05. The standard InChI is InChI=1S/C11H14O3.Na/c1-3-14-11(13)8(2)9-5-4-6-10(12)7-9;/h4-8,12H,3H2,1-2H3;/q;+1/p-1. The van der Waals surface area contributed by atoms with Crippen molar-refractivity contribution in [3.8, 4) is 5.75 Å². The molecule has 0 heterocycles. The quantitative estimate of drug-likeness (QED) is 0.453. The zero-order valence-corrected chi connectivity index (χ0v) is 11.3. The molecule has 0 bridgehead atoms. The number of ether oxygens (including phenoxy) is 1. The summed E-state index contributed by atoms with van der Waals surface area (Å²) < 4.78 is 4.86. The Labute approximate surface area is 112 Å². The van der Waals surface area contributed by atoms with Crippen LogP contribution in [0.2, 0.25) is 0 Å². The molecule has 0 saturated carbocycles. The molecule has 4 heteroatoms. The normalized spacial score (nSPS) is 11.3. The minimum Gasteiger partial charge on any atom is -0.872 e. The van der Waals surface area contributed by atoms with Crippen molar-refractivity contribution < 1.29 is 44.2 Å². The molecule has 0 aliphatic carbocycles. The number of carbonyl (C=O) groups is 1. The summed E-state index contributed by atoms with van der Waals surface area (Å²) in [4.78, 5) is 11.3. The van der Waals surface area contributed by atoms with Crippen LogP contribution in [0.1, 0.15) is 25.3 Å². The Kier molecular flexibility index (Phi) is 6.65. The van der Waals surface area contributed by atoms with Crippen molar-refractivity contribution in [1.29, 1.82) is 0 Å². The van der Waals surface area contributed by atoms with Gasteiger partial charge < -0.3 is 9.84 Å². The van der Waals surface area contributed by atoms with E-state index in [1.807, 2.05) is 0 Å². The topological polar surface area (TPSA) is 49.4 Å². The fourth-order valence-electron chi connectivity index (χ4n) is 1.19. The van der Waals surface area contributed by atoms with E-state index in [2.05, 4.69) is 0 Å². The monoisotopic (exact) mass is 216 g/mol. The van der Waals surface area contributed by atoms with Crippen molar-refractivity contribution in [3.05, 3.63) is 29.8 Å². The van der Waals surface area contributed by atoms with Gasteiger partial charge in [0.15, 0.2) is 0 Å². The van der Waals surface area contributed by atoms with Gasteiger partial charge in [-0.15, -0.1) is 5.75 Å². The van der Waals surface area contributed by atoms with E-state index < -0.39 is 0 Å². The number of benzene rings is 1. The van der Waals surface area contributed by atoms with Gasteiger partial charge in [0.1, 0.15) is 0 Å². The van der Waals surface area contributed by atoms with E-state index in [-0.39, 0.29) is 47.2 Å². The summed E-state index contributed by atoms with van der Waals surface area (Å²) in [6, 6.07) is 6.32. The largest absolute Gasteiger partial charge is 1.00 e. The molecule has 1 aromatic carbocycles. The molecule has 15 heavy (non-hydrogen) atoms. The van der Waals surface area contributed by atoms with Crippen molar-refractivity contribution in [2.24, 2.45) is 0 Å². The second-order valence-corrected chi connectivity index (χ2v) is 3.05. The fraction of sp³-hybridized carbons (Fsp3) is 0.364. The summed E-state index contributed by atoms with van der Waals surface area (Å²) in [7, 11) is 0. The maximum Gasteiger partial charge on any atom is 1.00 e. The van der Waals surface area contributed by atoms with E-state index >= 15 is 0 Å². The van der Waals surface area contributed by atoms with Gasteiger partial charge in [-0.3, -0.25) is 4.79 Å². The van der Waals surface area contributed by atoms with Crippen LogP contribution in [-0.4, -0.2) is 12.6 Å². The van der Waals surface area contributed by atoms with Crippen molar-refractivity contribution in [3.63, 3.8) is 0 Å². The van der Waals surface area contributed by atoms with E-state index in [1.54, 1.807) is 26.0 Å². The molecule has 1 aromatic rings. The van der Waals surface area contributed by atoms with Crippen LogP contribution in [0.5, 0.6) is 5.75 Å². The summed E-state index contributed by atoms with van der Waals surface area (Å²) in [5, 5.41) is 11.0. The first-order valence-electron chi connectivity index (χ1n) is 4.58. The van der Waals surface area contributed by atoms with Gasteiger partial charge in [-0.2, -0.15) is 0 Å². The maximum absolute atomic E-state index is 11.3. The molecule has 3 nitrogen and oxygen atoms in total. The summed E-state index contributed by atoms with van der Waals surface area (Å²) in [5.41, 5.74) is 0.705. The van der Waals surface area contributed by atoms with E-state index in [1.165, 1.54) is 12.1 Å². The van der Waals surface area contributed by atoms with Gasteiger partial charge in [0, 0.05) is 0 Å². The Morgan fingerprint density at radius 1 is 1.53 bits per heavy atom. The second kappa shape index (κ2) is 6.88. The summed E-state index contributed by atoms with van der Waals surface area (Å²) >= 11 is 0. The smallest absolute Gasteiger partial charge is 0.872 e. The fourth-order valence-corrected chi connectivity index (χ4v) is 1.19. The molecule has 1 atom stereocenters. The number of esters is 1. The molecule has 0 spiro atoms. The number of carbonyl (C=O) groups excluding carboxylic acids is 1. The van der Waals surface area contributed by atoms with Crippen LogP contribution in [0.25, 0.3) is 0 Å². The van der Waals surface area contributed by atoms with Gasteiger partial charge in [0.25, 0.3) is 0 Å². The van der Waals surface area contributed by atoms with Gasteiger partial charge in [-0.25, -0.2) is 0 Å². The van der Waals surface area contributed by atoms with Gasteiger partial charge in [0.2, 0.25) is 0 Å². The van der Waals surface area contributed by atoms with Crippen LogP contribution in [0.4, 0.5) is 0 Å². The molecule has 1 rings (SSSR count). The molecular formula is C11H13NaO3. The molecule has 0 radical (unpaired) electrons. The van der Waals surface area contributed by atoms with E-state index in [0.29, 0.717) is 12.2 Å². The number of hydrogen-bond donors (Lipinski definition) is 0. The molecule has 0 fully saturated rings. The Hall–Kier alpha value is -0.510. The van der Waals surface area contributed by atoms with Crippen LogP contribution in [0.3, 0.4) is 0 Å². The van der Waals surface area contributed by atoms with Crippen LogP contribution >= 0.6 is 0 Å². The predicted molar refractivity (Wildman–Crippen MR) is 50.9 cm³/mol. The SMILES string of the molecule is CCOC(=O)C(C)c1cccc([O-])c1.[Na+]. The third-order valence-electron chi connectivity index (χ3n) is 2.00. The van der Waals surface area contributed by atoms with Crippen molar-refractivity contribution in [2.75, 3.05) is 6.61 Å². The molecule has 0 N–H and O–H groups in total. The summed E-state index contributed by atoms with van der Waals surface area (Å²) in [6.45, 7) is 3.85. The van der Waals surface area contributed by atoms with Gasteiger partial charge in [0.05, 0.1) is 12.5 Å². The molecule has 76 valence electrons. The Bertz CT molecular complexity index is 325. The number of hydrogen-bond acceptors (Lipinski definition) is 3. The third-order valence-corrected chi connectivity index (χ3v) is 2.00. The average Bonchev–Trinajstić information content (AvgIpc) is 2.17. The molecule has 0 aromatic heterocycles. The maximum atomic E-state index is 11.3. The minimum atomic E-state index is -0.371. The molecule has 0 saturated heterocycles. The average molecular weight is 216 g/mol. The molecule has 0 aliphatic heterocycles. The Morgan fingerprint density at radius 2 is 2.20 bits per heavy atom. The van der Waals surface area contributed by atoms with Gasteiger partial charge in [-0.1, -0.05) is 24.3 Å². The van der Waals surface area contributed by atoms with Crippen LogP contribution in [-0.2, 0) is 9.53 Å². The van der Waals surface area contributed by atoms with Gasteiger partial charge in [-0.05, 0) is 19.4 Å². The zero-order chi connectivity index (χ0) is 10.6. The van der Waals surface area contributed by atoms with Crippen molar-refractivity contribution in [1.82, 2.24) is 0 Å². The predicted octanol–water partition coefficient (Wildman–Crippen LogP) is -1.57. The van der Waals surface area contributed by atoms with Crippen LogP contribution in [0.15, 0.2) is 24.3 Å². The summed E-state index contributed by atoms with van der Waals surface area (Å²) in [6.07, 6.45) is 0. The summed E-state index contributed by atoms with van der Waals surface area (Å²) in [5.74, 6) is -0.749. The third kappa shape index (κ3) is 4.24. The minimum absolute atomic E-state index is 0. The first kappa shape index (κ1) is 14.5. The molecule has 0 amide bonds. The van der Waals surface area contributed by atoms with Crippen LogP contribution < -0.4 is 34.7 Å². The van der Waals surface area contributed by atoms with Crippen molar-refractivity contribution >= 4 is 5.97 Å². The molecule has 0 aliphatic rings. The van der Waals surface area contributed by atoms with Crippen LogP contribution in [0, 0.1) is 0 Å². The Balaban J connectivity index is 0.00000196. The van der Waals surface area contributed by atoms with E-state index in [4.69, 9.17) is 4.74 Å². The molecule has 1 unspecified atom stereocenters. The van der Waals surface area contributed by atoms with E-state index in [9.17, 15) is 9.90 Å². The number of rotatable bonds is 3. The first-order valence-corrected chi connectivity index (χ1v) is 4.58. The zero-order valence-electron chi connectivity index (χ0n) is 9.32. The first-order chi connectivity index (χ1) is 6.65. The Morgan fingerprint density at radius 3 is 2.73 bits per heavy atom. The van der Waals surface area contributed by atoms with E-state index in [0.717, 1.165) is 0 Å².